The molecule has 0 bridgehead atoms. The number of fused-ring (bicyclic) bond motifs is 1. The second-order valence-corrected chi connectivity index (χ2v) is 7.97. The van der Waals surface area contributed by atoms with Crippen LogP contribution < -0.4 is 9.47 Å². The predicted octanol–water partition coefficient (Wildman–Crippen LogP) is 2.85. The number of halogens is 1. The van der Waals surface area contributed by atoms with Crippen molar-refractivity contribution in [1.82, 2.24) is 9.80 Å². The van der Waals surface area contributed by atoms with Crippen molar-refractivity contribution in [2.24, 2.45) is 0 Å². The highest BCUT2D eigenvalue weighted by molar-refractivity contribution is 9.10. The van der Waals surface area contributed by atoms with Crippen LogP contribution in [0.4, 0.5) is 0 Å². The highest BCUT2D eigenvalue weighted by Crippen LogP contribution is 2.36. The van der Waals surface area contributed by atoms with Crippen LogP contribution in [0.15, 0.2) is 16.6 Å². The van der Waals surface area contributed by atoms with E-state index in [-0.39, 0.29) is 5.91 Å². The summed E-state index contributed by atoms with van der Waals surface area (Å²) in [5, 5.41) is 0. The van der Waals surface area contributed by atoms with E-state index < -0.39 is 0 Å². The van der Waals surface area contributed by atoms with E-state index in [9.17, 15) is 4.79 Å². The Labute approximate surface area is 157 Å². The molecule has 2 heterocycles. The third kappa shape index (κ3) is 3.80. The molecule has 2 aliphatic heterocycles. The summed E-state index contributed by atoms with van der Waals surface area (Å²) in [7, 11) is 0. The second-order valence-electron chi connectivity index (χ2n) is 7.12. The van der Waals surface area contributed by atoms with Gasteiger partial charge in [0, 0.05) is 36.7 Å². The zero-order valence-electron chi connectivity index (χ0n) is 14.5. The van der Waals surface area contributed by atoms with Crippen LogP contribution in [0.1, 0.15) is 31.2 Å². The number of rotatable bonds is 3. The van der Waals surface area contributed by atoms with Crippen molar-refractivity contribution in [3.63, 3.8) is 0 Å². The summed E-state index contributed by atoms with van der Waals surface area (Å²) in [5.41, 5.74) is 0.965. The molecule has 5 nitrogen and oxygen atoms in total. The van der Waals surface area contributed by atoms with E-state index in [4.69, 9.17) is 9.47 Å². The number of piperazine rings is 1. The fraction of sp³-hybridized carbons (Fsp3) is 0.632. The number of nitrogens with zero attached hydrogens (tertiary/aromatic N) is 2. The van der Waals surface area contributed by atoms with E-state index in [2.05, 4.69) is 20.8 Å². The molecule has 136 valence electrons. The minimum absolute atomic E-state index is 0.198. The third-order valence-electron chi connectivity index (χ3n) is 5.56. The molecule has 0 unspecified atom stereocenters. The van der Waals surface area contributed by atoms with Gasteiger partial charge in [0.15, 0.2) is 11.5 Å². The van der Waals surface area contributed by atoms with Gasteiger partial charge in [0.1, 0.15) is 13.2 Å². The van der Waals surface area contributed by atoms with E-state index >= 15 is 0 Å². The van der Waals surface area contributed by atoms with Crippen molar-refractivity contribution >= 4 is 21.8 Å². The SMILES string of the molecule is O=C(Cc1cc2c(cc1Br)OCCO2)N1CCN(C2CCCC2)CC1. The smallest absolute Gasteiger partial charge is 0.227 e. The number of hydrogen-bond donors (Lipinski definition) is 0. The number of carbonyl (C=O) groups excluding carboxylic acids is 1. The molecule has 1 saturated carbocycles. The summed E-state index contributed by atoms with van der Waals surface area (Å²) in [6.45, 7) is 4.85. The molecule has 1 aromatic rings. The maximum Gasteiger partial charge on any atom is 0.227 e. The molecule has 3 aliphatic rings. The number of hydrogen-bond acceptors (Lipinski definition) is 4. The van der Waals surface area contributed by atoms with Crippen molar-refractivity contribution in [2.75, 3.05) is 39.4 Å². The molecule has 0 spiro atoms. The van der Waals surface area contributed by atoms with Crippen molar-refractivity contribution < 1.29 is 14.3 Å². The lowest BCUT2D eigenvalue weighted by Gasteiger charge is -2.38. The molecule has 1 saturated heterocycles. The highest BCUT2D eigenvalue weighted by atomic mass is 79.9. The zero-order valence-corrected chi connectivity index (χ0v) is 16.1. The highest BCUT2D eigenvalue weighted by Gasteiger charge is 2.28. The summed E-state index contributed by atoms with van der Waals surface area (Å²) in [5.74, 6) is 1.69. The van der Waals surface area contributed by atoms with Gasteiger partial charge in [0.25, 0.3) is 0 Å². The molecule has 0 N–H and O–H groups in total. The summed E-state index contributed by atoms with van der Waals surface area (Å²) in [4.78, 5) is 17.3. The Morgan fingerprint density at radius 3 is 2.36 bits per heavy atom. The normalized spacial score (nSPS) is 21.6. The monoisotopic (exact) mass is 408 g/mol. The maximum absolute atomic E-state index is 12.7. The summed E-state index contributed by atoms with van der Waals surface area (Å²) in [6, 6.07) is 4.60. The van der Waals surface area contributed by atoms with Crippen LogP contribution in [0.3, 0.4) is 0 Å². The first-order chi connectivity index (χ1) is 12.2. The lowest BCUT2D eigenvalue weighted by atomic mass is 10.1. The molecule has 4 rings (SSSR count). The van der Waals surface area contributed by atoms with Crippen molar-refractivity contribution in [1.29, 1.82) is 0 Å². The van der Waals surface area contributed by atoms with E-state index in [1.807, 2.05) is 17.0 Å². The molecule has 0 aromatic heterocycles. The molecule has 1 aliphatic carbocycles. The van der Waals surface area contributed by atoms with Gasteiger partial charge in [-0.15, -0.1) is 0 Å². The van der Waals surface area contributed by atoms with Gasteiger partial charge in [-0.25, -0.2) is 0 Å². The summed E-state index contributed by atoms with van der Waals surface area (Å²) < 4.78 is 12.1. The van der Waals surface area contributed by atoms with Crippen LogP contribution in [0.2, 0.25) is 0 Å². The van der Waals surface area contributed by atoms with Crippen LogP contribution in [-0.4, -0.2) is 61.1 Å². The predicted molar refractivity (Wildman–Crippen MR) is 99.2 cm³/mol. The van der Waals surface area contributed by atoms with Gasteiger partial charge in [0.2, 0.25) is 5.91 Å². The summed E-state index contributed by atoms with van der Waals surface area (Å²) in [6.07, 6.45) is 5.79. The zero-order chi connectivity index (χ0) is 17.2. The van der Waals surface area contributed by atoms with Crippen LogP contribution in [0.5, 0.6) is 11.5 Å². The Morgan fingerprint density at radius 1 is 1.04 bits per heavy atom. The van der Waals surface area contributed by atoms with Gasteiger partial charge in [-0.05, 0) is 30.5 Å². The molecule has 0 radical (unpaired) electrons. The molecular weight excluding hydrogens is 384 g/mol. The van der Waals surface area contributed by atoms with Crippen LogP contribution >= 0.6 is 15.9 Å². The minimum atomic E-state index is 0.198. The van der Waals surface area contributed by atoms with E-state index in [1.54, 1.807) is 0 Å². The lowest BCUT2D eigenvalue weighted by molar-refractivity contribution is -0.132. The average Bonchev–Trinajstić information content (AvgIpc) is 3.17. The Hall–Kier alpha value is -1.27. The molecular formula is C19H25BrN2O3. The van der Waals surface area contributed by atoms with Gasteiger partial charge in [-0.2, -0.15) is 0 Å². The molecule has 0 atom stereocenters. The van der Waals surface area contributed by atoms with Gasteiger partial charge >= 0.3 is 0 Å². The van der Waals surface area contributed by atoms with Crippen molar-refractivity contribution in [2.45, 2.75) is 38.1 Å². The Bertz CT molecular complexity index is 638. The van der Waals surface area contributed by atoms with Crippen LogP contribution in [0.25, 0.3) is 0 Å². The van der Waals surface area contributed by atoms with Crippen LogP contribution in [0, 0.1) is 0 Å². The van der Waals surface area contributed by atoms with E-state index in [0.29, 0.717) is 19.6 Å². The maximum atomic E-state index is 12.7. The van der Waals surface area contributed by atoms with E-state index in [0.717, 1.165) is 53.8 Å². The van der Waals surface area contributed by atoms with Gasteiger partial charge in [-0.1, -0.05) is 28.8 Å². The first-order valence-electron chi connectivity index (χ1n) is 9.30. The Balaban J connectivity index is 1.36. The van der Waals surface area contributed by atoms with Gasteiger partial charge in [0.05, 0.1) is 6.42 Å². The quantitative estimate of drug-likeness (QED) is 0.770. The minimum Gasteiger partial charge on any atom is -0.486 e. The number of benzene rings is 1. The topological polar surface area (TPSA) is 42.0 Å². The fourth-order valence-corrected chi connectivity index (χ4v) is 4.58. The standard InChI is InChI=1S/C19H25BrN2O3/c20-16-13-18-17(24-9-10-25-18)11-14(16)12-19(23)22-7-5-21(6-8-22)15-3-1-2-4-15/h11,13,15H,1-10,12H2. The summed E-state index contributed by atoms with van der Waals surface area (Å²) >= 11 is 3.57. The third-order valence-corrected chi connectivity index (χ3v) is 6.30. The van der Waals surface area contributed by atoms with Crippen molar-refractivity contribution in [3.05, 3.63) is 22.2 Å². The largest absolute Gasteiger partial charge is 0.486 e. The molecule has 2 fully saturated rings. The van der Waals surface area contributed by atoms with Crippen LogP contribution in [-0.2, 0) is 11.2 Å². The first-order valence-corrected chi connectivity index (χ1v) is 10.1. The molecule has 25 heavy (non-hydrogen) atoms. The average molecular weight is 409 g/mol. The van der Waals surface area contributed by atoms with Gasteiger partial charge < -0.3 is 14.4 Å². The van der Waals surface area contributed by atoms with E-state index in [1.165, 1.54) is 25.7 Å². The fourth-order valence-electron chi connectivity index (χ4n) is 4.12. The lowest BCUT2D eigenvalue weighted by Crippen LogP contribution is -2.51. The Kier molecular flexibility index (Phi) is 5.17. The van der Waals surface area contributed by atoms with Gasteiger partial charge in [-0.3, -0.25) is 9.69 Å². The molecule has 1 amide bonds. The molecule has 1 aromatic carbocycles. The second kappa shape index (κ2) is 7.54. The molecule has 6 heteroatoms. The Morgan fingerprint density at radius 2 is 1.68 bits per heavy atom. The number of ether oxygens (including phenoxy) is 2. The van der Waals surface area contributed by atoms with Crippen molar-refractivity contribution in [3.8, 4) is 11.5 Å². The first kappa shape index (κ1) is 17.2. The number of amides is 1. The number of carbonyl (C=O) groups is 1.